The molecule has 1 N–H and O–H groups in total. The minimum Gasteiger partial charge on any atom is -0.458 e. The third kappa shape index (κ3) is 4.42. The molecule has 0 aromatic rings. The van der Waals surface area contributed by atoms with E-state index in [-0.39, 0.29) is 6.61 Å². The fraction of sp³-hybridized carbons (Fsp3) is 0.333. The van der Waals surface area contributed by atoms with E-state index in [0.29, 0.717) is 0 Å². The molecule has 1 atom stereocenters. The lowest BCUT2D eigenvalue weighted by atomic mass is 10.5. The number of hydrogen-bond donors (Lipinski definition) is 1. The van der Waals surface area contributed by atoms with E-state index >= 15 is 0 Å². The second kappa shape index (κ2) is 6.85. The average Bonchev–Trinajstić information content (AvgIpc) is 2.21. The molecule has 0 bridgehead atoms. The van der Waals surface area contributed by atoms with Gasteiger partial charge in [0.1, 0.15) is 6.61 Å². The highest BCUT2D eigenvalue weighted by Crippen LogP contribution is 1.91. The number of hydrogen-bond acceptors (Lipinski definition) is 4. The van der Waals surface area contributed by atoms with E-state index in [1.54, 1.807) is 0 Å². The van der Waals surface area contributed by atoms with Crippen LogP contribution in [-0.4, -0.2) is 31.8 Å². The van der Waals surface area contributed by atoms with E-state index in [1.807, 2.05) is 0 Å². The molecule has 5 heteroatoms. The van der Waals surface area contributed by atoms with Crippen molar-refractivity contribution >= 4 is 11.9 Å². The molecule has 0 radical (unpaired) electrons. The summed E-state index contributed by atoms with van der Waals surface area (Å²) in [5, 5.41) is 2.24. The number of ether oxygens (including phenoxy) is 2. The predicted octanol–water partition coefficient (Wildman–Crippen LogP) is -0.00970. The maximum Gasteiger partial charge on any atom is 0.356 e. The van der Waals surface area contributed by atoms with Crippen LogP contribution in [0.5, 0.6) is 0 Å². The van der Waals surface area contributed by atoms with Gasteiger partial charge >= 0.3 is 5.97 Å². The van der Waals surface area contributed by atoms with Crippen molar-refractivity contribution in [3.05, 3.63) is 25.3 Å². The molecule has 0 fully saturated rings. The number of methoxy groups -OCH3 is 1. The summed E-state index contributed by atoms with van der Waals surface area (Å²) in [4.78, 5) is 22.0. The molecular weight excluding hydrogens is 186 g/mol. The number of nitrogens with one attached hydrogen (secondary N) is 1. The first-order valence-electron chi connectivity index (χ1n) is 3.89. The van der Waals surface area contributed by atoms with Crippen LogP contribution < -0.4 is 5.32 Å². The van der Waals surface area contributed by atoms with E-state index < -0.39 is 18.1 Å². The van der Waals surface area contributed by atoms with Gasteiger partial charge in [0.05, 0.1) is 0 Å². The lowest BCUT2D eigenvalue weighted by Gasteiger charge is -2.13. The van der Waals surface area contributed by atoms with Crippen LogP contribution in [0.15, 0.2) is 25.3 Å². The molecule has 14 heavy (non-hydrogen) atoms. The van der Waals surface area contributed by atoms with Gasteiger partial charge in [-0.25, -0.2) is 4.79 Å². The molecule has 1 unspecified atom stereocenters. The third-order valence-electron chi connectivity index (χ3n) is 1.25. The molecule has 0 saturated carbocycles. The Hall–Kier alpha value is -1.62. The summed E-state index contributed by atoms with van der Waals surface area (Å²) in [6.45, 7) is 6.68. The van der Waals surface area contributed by atoms with Crippen molar-refractivity contribution in [1.82, 2.24) is 5.32 Å². The largest absolute Gasteiger partial charge is 0.458 e. The van der Waals surface area contributed by atoms with Crippen LogP contribution in [0, 0.1) is 0 Å². The Labute approximate surface area is 82.4 Å². The Kier molecular flexibility index (Phi) is 6.06. The Balaban J connectivity index is 4.11. The highest BCUT2D eigenvalue weighted by atomic mass is 16.6. The lowest BCUT2D eigenvalue weighted by molar-refractivity contribution is -0.158. The van der Waals surface area contributed by atoms with Gasteiger partial charge in [-0.2, -0.15) is 0 Å². The van der Waals surface area contributed by atoms with Crippen LogP contribution in [0.3, 0.4) is 0 Å². The fourth-order valence-electron chi connectivity index (χ4n) is 0.619. The molecule has 0 heterocycles. The van der Waals surface area contributed by atoms with Crippen LogP contribution in [0.4, 0.5) is 0 Å². The molecular formula is C9H13NO4. The van der Waals surface area contributed by atoms with Gasteiger partial charge in [-0.05, 0) is 6.08 Å². The van der Waals surface area contributed by atoms with Crippen molar-refractivity contribution in [3.8, 4) is 0 Å². The van der Waals surface area contributed by atoms with E-state index in [9.17, 15) is 9.59 Å². The molecule has 0 aliphatic heterocycles. The second-order valence-electron chi connectivity index (χ2n) is 2.25. The zero-order valence-corrected chi connectivity index (χ0v) is 7.99. The van der Waals surface area contributed by atoms with Crippen LogP contribution in [0.2, 0.25) is 0 Å². The monoisotopic (exact) mass is 199 g/mol. The van der Waals surface area contributed by atoms with Crippen LogP contribution in [-0.2, 0) is 19.1 Å². The maximum atomic E-state index is 11.1. The Morgan fingerprint density at radius 2 is 2.14 bits per heavy atom. The molecule has 0 rings (SSSR count). The third-order valence-corrected chi connectivity index (χ3v) is 1.25. The van der Waals surface area contributed by atoms with Crippen molar-refractivity contribution in [1.29, 1.82) is 0 Å². The summed E-state index contributed by atoms with van der Waals surface area (Å²) in [5.41, 5.74) is 0. The first-order chi connectivity index (χ1) is 6.65. The molecule has 0 aromatic carbocycles. The smallest absolute Gasteiger partial charge is 0.356 e. The lowest BCUT2D eigenvalue weighted by Crippen LogP contribution is -2.42. The van der Waals surface area contributed by atoms with Crippen molar-refractivity contribution in [2.75, 3.05) is 13.7 Å². The van der Waals surface area contributed by atoms with Gasteiger partial charge in [0.25, 0.3) is 0 Å². The van der Waals surface area contributed by atoms with Gasteiger partial charge in [0.15, 0.2) is 0 Å². The predicted molar refractivity (Wildman–Crippen MR) is 50.3 cm³/mol. The molecule has 5 nitrogen and oxygen atoms in total. The fourth-order valence-corrected chi connectivity index (χ4v) is 0.619. The van der Waals surface area contributed by atoms with Gasteiger partial charge in [-0.1, -0.05) is 19.2 Å². The highest BCUT2D eigenvalue weighted by Gasteiger charge is 2.19. The van der Waals surface area contributed by atoms with E-state index in [4.69, 9.17) is 4.74 Å². The number of rotatable bonds is 6. The average molecular weight is 199 g/mol. The first kappa shape index (κ1) is 12.4. The summed E-state index contributed by atoms with van der Waals surface area (Å²) in [6, 6.07) is 0. The van der Waals surface area contributed by atoms with Crippen LogP contribution >= 0.6 is 0 Å². The van der Waals surface area contributed by atoms with Gasteiger partial charge < -0.3 is 14.8 Å². The van der Waals surface area contributed by atoms with Crippen LogP contribution in [0.1, 0.15) is 0 Å². The molecule has 0 aliphatic rings. The number of esters is 1. The minimum absolute atomic E-state index is 0.0721. The Morgan fingerprint density at radius 3 is 2.57 bits per heavy atom. The van der Waals surface area contributed by atoms with Gasteiger partial charge in [-0.15, -0.1) is 0 Å². The topological polar surface area (TPSA) is 64.6 Å². The molecule has 0 aliphatic carbocycles. The Morgan fingerprint density at radius 1 is 1.50 bits per heavy atom. The summed E-state index contributed by atoms with van der Waals surface area (Å²) in [5.74, 6) is -1.19. The van der Waals surface area contributed by atoms with E-state index in [0.717, 1.165) is 6.08 Å². The summed E-state index contributed by atoms with van der Waals surface area (Å²) in [6.07, 6.45) is 1.34. The first-order valence-corrected chi connectivity index (χ1v) is 3.89. The number of amides is 1. The number of carbonyl (C=O) groups is 2. The quantitative estimate of drug-likeness (QED) is 0.283. The van der Waals surface area contributed by atoms with Gasteiger partial charge in [0, 0.05) is 7.11 Å². The minimum atomic E-state index is -1.11. The van der Waals surface area contributed by atoms with Crippen molar-refractivity contribution in [3.63, 3.8) is 0 Å². The summed E-state index contributed by atoms with van der Waals surface area (Å²) < 4.78 is 9.35. The van der Waals surface area contributed by atoms with E-state index in [1.165, 1.54) is 13.2 Å². The zero-order chi connectivity index (χ0) is 11.0. The Bertz CT molecular complexity index is 237. The summed E-state index contributed by atoms with van der Waals surface area (Å²) >= 11 is 0. The molecule has 0 spiro atoms. The molecule has 0 saturated heterocycles. The normalized spacial score (nSPS) is 11.2. The van der Waals surface area contributed by atoms with Crippen molar-refractivity contribution in [2.45, 2.75) is 6.23 Å². The number of carbonyl (C=O) groups excluding carboxylic acids is 2. The van der Waals surface area contributed by atoms with Gasteiger partial charge in [0.2, 0.25) is 12.1 Å². The highest BCUT2D eigenvalue weighted by molar-refractivity contribution is 5.90. The second-order valence-corrected chi connectivity index (χ2v) is 2.25. The SMILES string of the molecule is C=CCOC(=O)C(NC(=O)C=C)OC. The molecule has 1 amide bonds. The standard InChI is InChI=1S/C9H13NO4/c1-4-6-14-9(12)8(13-3)10-7(11)5-2/h4-5,8H,1-2,6H2,3H3,(H,10,11). The maximum absolute atomic E-state index is 11.1. The van der Waals surface area contributed by atoms with Crippen molar-refractivity contribution in [2.24, 2.45) is 0 Å². The summed E-state index contributed by atoms with van der Waals surface area (Å²) in [7, 11) is 1.28. The van der Waals surface area contributed by atoms with E-state index in [2.05, 4.69) is 23.2 Å². The van der Waals surface area contributed by atoms with Crippen LogP contribution in [0.25, 0.3) is 0 Å². The van der Waals surface area contributed by atoms with Gasteiger partial charge in [-0.3, -0.25) is 4.79 Å². The molecule has 78 valence electrons. The van der Waals surface area contributed by atoms with Crippen molar-refractivity contribution < 1.29 is 19.1 Å². The zero-order valence-electron chi connectivity index (χ0n) is 7.99. The molecule has 0 aromatic heterocycles.